The molecule has 24 heavy (non-hydrogen) atoms. The van der Waals surface area contributed by atoms with Crippen molar-refractivity contribution < 1.29 is 4.74 Å². The normalized spacial score (nSPS) is 11.1. The summed E-state index contributed by atoms with van der Waals surface area (Å²) >= 11 is 0. The molecule has 0 saturated heterocycles. The summed E-state index contributed by atoms with van der Waals surface area (Å²) in [6.45, 7) is 2.94. The van der Waals surface area contributed by atoms with Crippen molar-refractivity contribution in [2.45, 2.75) is 32.6 Å². The van der Waals surface area contributed by atoms with E-state index in [2.05, 4.69) is 42.2 Å². The highest BCUT2D eigenvalue weighted by atomic mass is 16.5. The van der Waals surface area contributed by atoms with Crippen molar-refractivity contribution in [2.24, 2.45) is 5.73 Å². The number of hydrogen-bond donors (Lipinski definition) is 2. The smallest absolute Gasteiger partial charge is 0.128 e. The molecule has 3 heteroatoms. The maximum atomic E-state index is 5.69. The number of ether oxygens (including phenoxy) is 1. The molecule has 3 nitrogen and oxygen atoms in total. The Balaban J connectivity index is 2.16. The van der Waals surface area contributed by atoms with Gasteiger partial charge in [-0.3, -0.25) is 0 Å². The van der Waals surface area contributed by atoms with Crippen LogP contribution < -0.4 is 10.5 Å². The maximum absolute atomic E-state index is 5.69. The Hall–Kier alpha value is -2.26. The summed E-state index contributed by atoms with van der Waals surface area (Å²) < 4.78 is 5.58. The zero-order valence-corrected chi connectivity index (χ0v) is 14.6. The van der Waals surface area contributed by atoms with Gasteiger partial charge in [-0.05, 0) is 67.6 Å². The largest absolute Gasteiger partial charge is 0.496 e. The van der Waals surface area contributed by atoms with Crippen molar-refractivity contribution in [3.63, 3.8) is 0 Å². The predicted octanol–water partition coefficient (Wildman–Crippen LogP) is 4.69. The highest BCUT2D eigenvalue weighted by molar-refractivity contribution is 5.92. The molecule has 3 N–H and O–H groups in total. The molecule has 0 fully saturated rings. The number of nitrogens with one attached hydrogen (secondary N) is 1. The van der Waals surface area contributed by atoms with E-state index in [1.54, 1.807) is 7.11 Å². The van der Waals surface area contributed by atoms with Crippen molar-refractivity contribution in [1.29, 1.82) is 0 Å². The maximum Gasteiger partial charge on any atom is 0.128 e. The lowest BCUT2D eigenvalue weighted by molar-refractivity contribution is 0.416. The van der Waals surface area contributed by atoms with E-state index in [1.807, 2.05) is 12.1 Å². The summed E-state index contributed by atoms with van der Waals surface area (Å²) in [7, 11) is 1.73. The monoisotopic (exact) mass is 322 g/mol. The van der Waals surface area contributed by atoms with Gasteiger partial charge in [0, 0.05) is 16.5 Å². The third-order valence-corrected chi connectivity index (χ3v) is 4.64. The SMILES string of the molecule is CCc1ccc2[nH]c(-c3ccccc3OC)c(CCCCN)c2c1. The van der Waals surface area contributed by atoms with Gasteiger partial charge in [0.15, 0.2) is 0 Å². The number of para-hydroxylation sites is 1. The predicted molar refractivity (Wildman–Crippen MR) is 102 cm³/mol. The second-order valence-electron chi connectivity index (χ2n) is 6.16. The first kappa shape index (κ1) is 16.6. The molecule has 0 saturated carbocycles. The van der Waals surface area contributed by atoms with Crippen molar-refractivity contribution in [3.05, 3.63) is 53.6 Å². The lowest BCUT2D eigenvalue weighted by atomic mass is 9.98. The Morgan fingerprint density at radius 3 is 2.67 bits per heavy atom. The number of nitrogens with two attached hydrogens (primary N) is 1. The Labute approximate surface area is 143 Å². The van der Waals surface area contributed by atoms with Gasteiger partial charge < -0.3 is 15.5 Å². The quantitative estimate of drug-likeness (QED) is 0.620. The van der Waals surface area contributed by atoms with Gasteiger partial charge in [0.25, 0.3) is 0 Å². The molecule has 0 aliphatic carbocycles. The van der Waals surface area contributed by atoms with Crippen molar-refractivity contribution in [2.75, 3.05) is 13.7 Å². The summed E-state index contributed by atoms with van der Waals surface area (Å²) in [5.74, 6) is 0.903. The highest BCUT2D eigenvalue weighted by Crippen LogP contribution is 2.36. The zero-order chi connectivity index (χ0) is 16.9. The number of unbranched alkanes of at least 4 members (excludes halogenated alkanes) is 1. The molecule has 0 aliphatic heterocycles. The van der Waals surface area contributed by atoms with E-state index in [-0.39, 0.29) is 0 Å². The summed E-state index contributed by atoms with van der Waals surface area (Å²) in [4.78, 5) is 3.62. The molecule has 0 amide bonds. The highest BCUT2D eigenvalue weighted by Gasteiger charge is 2.16. The molecule has 0 unspecified atom stereocenters. The molecule has 0 bridgehead atoms. The van der Waals surface area contributed by atoms with Crippen LogP contribution in [0.3, 0.4) is 0 Å². The minimum Gasteiger partial charge on any atom is -0.496 e. The second kappa shape index (κ2) is 7.54. The minimum atomic E-state index is 0.743. The Kier molecular flexibility index (Phi) is 5.21. The second-order valence-corrected chi connectivity index (χ2v) is 6.16. The van der Waals surface area contributed by atoms with Crippen LogP contribution in [0.25, 0.3) is 22.2 Å². The molecule has 126 valence electrons. The van der Waals surface area contributed by atoms with Gasteiger partial charge in [-0.25, -0.2) is 0 Å². The number of benzene rings is 2. The standard InChI is InChI=1S/C21H26N2O/c1-3-15-11-12-19-18(14-15)16(8-6-7-13-22)21(23-19)17-9-4-5-10-20(17)24-2/h4-5,9-12,14,23H,3,6-8,13,22H2,1-2H3. The lowest BCUT2D eigenvalue weighted by Gasteiger charge is -2.10. The Morgan fingerprint density at radius 1 is 1.08 bits per heavy atom. The zero-order valence-electron chi connectivity index (χ0n) is 14.6. The van der Waals surface area contributed by atoms with Crippen LogP contribution in [0.5, 0.6) is 5.75 Å². The van der Waals surface area contributed by atoms with Crippen LogP contribution in [0.4, 0.5) is 0 Å². The van der Waals surface area contributed by atoms with Crippen LogP contribution in [0.15, 0.2) is 42.5 Å². The van der Waals surface area contributed by atoms with Gasteiger partial charge in [0.2, 0.25) is 0 Å². The van der Waals surface area contributed by atoms with Crippen molar-refractivity contribution in [3.8, 4) is 17.0 Å². The fourth-order valence-corrected chi connectivity index (χ4v) is 3.30. The molecule has 3 rings (SSSR count). The van der Waals surface area contributed by atoms with Gasteiger partial charge in [-0.1, -0.05) is 25.1 Å². The number of hydrogen-bond acceptors (Lipinski definition) is 2. The molecular formula is C21H26N2O. The third kappa shape index (κ3) is 3.17. The van der Waals surface area contributed by atoms with E-state index in [0.29, 0.717) is 0 Å². The molecule has 0 atom stereocenters. The number of aryl methyl sites for hydroxylation is 2. The van der Waals surface area contributed by atoms with Gasteiger partial charge in [-0.15, -0.1) is 0 Å². The van der Waals surface area contributed by atoms with Crippen LogP contribution in [0, 0.1) is 0 Å². The first-order chi connectivity index (χ1) is 11.8. The lowest BCUT2D eigenvalue weighted by Crippen LogP contribution is -1.99. The summed E-state index contributed by atoms with van der Waals surface area (Å²) in [6.07, 6.45) is 4.22. The van der Waals surface area contributed by atoms with Crippen LogP contribution in [0.1, 0.15) is 30.9 Å². The molecule has 0 spiro atoms. The summed E-state index contributed by atoms with van der Waals surface area (Å²) in [6, 6.07) is 14.9. The fraction of sp³-hybridized carbons (Fsp3) is 0.333. The molecule has 0 aliphatic rings. The first-order valence-electron chi connectivity index (χ1n) is 8.75. The molecule has 0 radical (unpaired) electrons. The third-order valence-electron chi connectivity index (χ3n) is 4.64. The van der Waals surface area contributed by atoms with E-state index < -0.39 is 0 Å². The molecular weight excluding hydrogens is 296 g/mol. The van der Waals surface area contributed by atoms with E-state index in [4.69, 9.17) is 10.5 Å². The van der Waals surface area contributed by atoms with E-state index in [0.717, 1.165) is 43.5 Å². The molecule has 2 aromatic carbocycles. The number of fused-ring (bicyclic) bond motifs is 1. The van der Waals surface area contributed by atoms with Gasteiger partial charge in [-0.2, -0.15) is 0 Å². The summed E-state index contributed by atoms with van der Waals surface area (Å²) in [5.41, 5.74) is 11.9. The number of rotatable bonds is 7. The summed E-state index contributed by atoms with van der Waals surface area (Å²) in [5, 5.41) is 1.33. The van der Waals surface area contributed by atoms with E-state index in [1.165, 1.54) is 27.7 Å². The van der Waals surface area contributed by atoms with Gasteiger partial charge in [0.05, 0.1) is 12.8 Å². The van der Waals surface area contributed by atoms with Gasteiger partial charge in [0.1, 0.15) is 5.75 Å². The number of aromatic amines is 1. The van der Waals surface area contributed by atoms with Gasteiger partial charge >= 0.3 is 0 Å². The van der Waals surface area contributed by atoms with Crippen LogP contribution in [-0.2, 0) is 12.8 Å². The van der Waals surface area contributed by atoms with Crippen LogP contribution in [0.2, 0.25) is 0 Å². The van der Waals surface area contributed by atoms with Crippen molar-refractivity contribution in [1.82, 2.24) is 4.98 Å². The average molecular weight is 322 g/mol. The van der Waals surface area contributed by atoms with E-state index >= 15 is 0 Å². The molecule has 1 aromatic heterocycles. The Bertz CT molecular complexity index is 820. The number of methoxy groups -OCH3 is 1. The van der Waals surface area contributed by atoms with Crippen LogP contribution in [-0.4, -0.2) is 18.6 Å². The molecule has 1 heterocycles. The minimum absolute atomic E-state index is 0.743. The fourth-order valence-electron chi connectivity index (χ4n) is 3.30. The van der Waals surface area contributed by atoms with Crippen LogP contribution >= 0.6 is 0 Å². The van der Waals surface area contributed by atoms with E-state index in [9.17, 15) is 0 Å². The first-order valence-corrected chi connectivity index (χ1v) is 8.75. The topological polar surface area (TPSA) is 51.0 Å². The number of H-pyrrole nitrogens is 1. The molecule has 3 aromatic rings. The van der Waals surface area contributed by atoms with Crippen molar-refractivity contribution >= 4 is 10.9 Å². The number of aromatic nitrogens is 1. The average Bonchev–Trinajstić information content (AvgIpc) is 2.99. The Morgan fingerprint density at radius 2 is 1.92 bits per heavy atom.